The van der Waals surface area contributed by atoms with Gasteiger partial charge >= 0.3 is 5.69 Å². The molecule has 1 aromatic carbocycles. The van der Waals surface area contributed by atoms with Crippen molar-refractivity contribution in [1.82, 2.24) is 20.2 Å². The van der Waals surface area contributed by atoms with Crippen LogP contribution in [0.5, 0.6) is 0 Å². The molecule has 11 nitrogen and oxygen atoms in total. The molecule has 0 aliphatic rings. The summed E-state index contributed by atoms with van der Waals surface area (Å²) in [5, 5.41) is 21.3. The van der Waals surface area contributed by atoms with Crippen LogP contribution in [0.25, 0.3) is 10.6 Å². The number of hydrogen-bond donors (Lipinski definition) is 3. The molecule has 0 atom stereocenters. The summed E-state index contributed by atoms with van der Waals surface area (Å²) in [5.74, 6) is -0.745. The fraction of sp³-hybridized carbons (Fsp3) is 0. The molecule has 3 aromatic rings. The highest BCUT2D eigenvalue weighted by atomic mass is 32.1. The Morgan fingerprint density at radius 2 is 2.00 bits per heavy atom. The molecule has 0 aliphatic heterocycles. The number of aromatic nitrogens is 4. The molecule has 0 bridgehead atoms. The number of nitrogens with zero attached hydrogens (tertiary/aromatic N) is 3. The van der Waals surface area contributed by atoms with Crippen molar-refractivity contribution in [3.8, 4) is 10.6 Å². The molecule has 0 saturated carbocycles. The number of hydrogen-bond acceptors (Lipinski definition) is 8. The second-order valence-corrected chi connectivity index (χ2v) is 5.65. The van der Waals surface area contributed by atoms with E-state index in [-0.39, 0.29) is 16.5 Å². The molecule has 0 spiro atoms. The Balaban J connectivity index is 1.83. The van der Waals surface area contributed by atoms with Crippen molar-refractivity contribution in [3.63, 3.8) is 0 Å². The number of carbonyl (C=O) groups excluding carboxylic acids is 1. The maximum atomic E-state index is 12.0. The quantitative estimate of drug-likeness (QED) is 0.456. The Morgan fingerprint density at radius 1 is 1.20 bits per heavy atom. The lowest BCUT2D eigenvalue weighted by Crippen LogP contribution is -2.27. The van der Waals surface area contributed by atoms with Crippen LogP contribution in [0.1, 0.15) is 10.5 Å². The largest absolute Gasteiger partial charge is 0.326 e. The highest BCUT2D eigenvalue weighted by Gasteiger charge is 2.14. The smallest absolute Gasteiger partial charge is 0.303 e. The normalized spacial score (nSPS) is 10.4. The van der Waals surface area contributed by atoms with Gasteiger partial charge in [-0.05, 0) is 0 Å². The lowest BCUT2D eigenvalue weighted by atomic mass is 10.2. The van der Waals surface area contributed by atoms with Crippen LogP contribution in [-0.4, -0.2) is 31.0 Å². The van der Waals surface area contributed by atoms with Crippen LogP contribution in [0.2, 0.25) is 0 Å². The lowest BCUT2D eigenvalue weighted by molar-refractivity contribution is -0.384. The first-order valence-electron chi connectivity index (χ1n) is 6.66. The van der Waals surface area contributed by atoms with Crippen molar-refractivity contribution in [2.45, 2.75) is 0 Å². The maximum Gasteiger partial charge on any atom is 0.326 e. The molecule has 1 amide bonds. The van der Waals surface area contributed by atoms with E-state index >= 15 is 0 Å². The van der Waals surface area contributed by atoms with Gasteiger partial charge < -0.3 is 4.98 Å². The van der Waals surface area contributed by atoms with Crippen molar-refractivity contribution in [3.05, 3.63) is 67.0 Å². The first-order valence-corrected chi connectivity index (χ1v) is 7.47. The standard InChI is InChI=1S/C13H8N6O5S/c20-9-5-8(14-12(22)15-9)10(21)16-13-18-17-11(25-13)6-2-1-3-7(4-6)19(23)24/h1-5H,(H,16,18,21)(H2,14,15,20,22). The molecule has 3 rings (SSSR count). The Bertz CT molecular complexity index is 1060. The average Bonchev–Trinajstić information content (AvgIpc) is 3.02. The van der Waals surface area contributed by atoms with Crippen LogP contribution < -0.4 is 16.6 Å². The topological polar surface area (TPSA) is 164 Å². The zero-order valence-electron chi connectivity index (χ0n) is 12.2. The number of H-pyrrole nitrogens is 2. The van der Waals surface area contributed by atoms with Crippen LogP contribution >= 0.6 is 11.3 Å². The van der Waals surface area contributed by atoms with Gasteiger partial charge in [0, 0.05) is 23.8 Å². The summed E-state index contributed by atoms with van der Waals surface area (Å²) in [5.41, 5.74) is -1.40. The Labute approximate surface area is 141 Å². The SMILES string of the molecule is O=C(Nc1nnc(-c2cccc([N+](=O)[O-])c2)s1)c1cc(=O)[nH]c(=O)[nH]1. The number of non-ortho nitro benzene ring substituents is 1. The number of carbonyl (C=O) groups is 1. The van der Waals surface area contributed by atoms with Gasteiger partial charge in [-0.3, -0.25) is 30.0 Å². The van der Waals surface area contributed by atoms with Gasteiger partial charge in [-0.25, -0.2) is 4.79 Å². The number of benzene rings is 1. The monoisotopic (exact) mass is 360 g/mol. The van der Waals surface area contributed by atoms with Crippen LogP contribution in [0.15, 0.2) is 39.9 Å². The van der Waals surface area contributed by atoms with E-state index < -0.39 is 22.1 Å². The average molecular weight is 360 g/mol. The zero-order valence-corrected chi connectivity index (χ0v) is 13.0. The summed E-state index contributed by atoms with van der Waals surface area (Å²) in [6, 6.07) is 6.73. The van der Waals surface area contributed by atoms with Crippen molar-refractivity contribution in [2.24, 2.45) is 0 Å². The van der Waals surface area contributed by atoms with Gasteiger partial charge in [-0.2, -0.15) is 0 Å². The Kier molecular flexibility index (Phi) is 4.18. The minimum atomic E-state index is -0.813. The first kappa shape index (κ1) is 16.2. The molecule has 0 saturated heterocycles. The summed E-state index contributed by atoms with van der Waals surface area (Å²) >= 11 is 0.983. The third-order valence-corrected chi connectivity index (χ3v) is 3.84. The van der Waals surface area contributed by atoms with Crippen LogP contribution in [-0.2, 0) is 0 Å². The molecule has 12 heteroatoms. The van der Waals surface area contributed by atoms with E-state index in [4.69, 9.17) is 0 Å². The molecule has 0 fully saturated rings. The highest BCUT2D eigenvalue weighted by molar-refractivity contribution is 7.18. The fourth-order valence-corrected chi connectivity index (χ4v) is 2.63. The van der Waals surface area contributed by atoms with Gasteiger partial charge in [0.1, 0.15) is 10.7 Å². The van der Waals surface area contributed by atoms with Gasteiger partial charge in [-0.15, -0.1) is 10.2 Å². The van der Waals surface area contributed by atoms with Gasteiger partial charge in [0.15, 0.2) is 0 Å². The van der Waals surface area contributed by atoms with E-state index in [0.717, 1.165) is 17.4 Å². The van der Waals surface area contributed by atoms with Crippen LogP contribution in [0.4, 0.5) is 10.8 Å². The number of nitro benzene ring substituents is 1. The van der Waals surface area contributed by atoms with Crippen molar-refractivity contribution in [2.75, 3.05) is 5.32 Å². The minimum Gasteiger partial charge on any atom is -0.303 e. The van der Waals surface area contributed by atoms with Crippen LogP contribution in [0, 0.1) is 10.1 Å². The van der Waals surface area contributed by atoms with E-state index in [2.05, 4.69) is 20.5 Å². The molecule has 0 radical (unpaired) electrons. The number of aromatic amines is 2. The van der Waals surface area contributed by atoms with E-state index in [1.54, 1.807) is 6.07 Å². The van der Waals surface area contributed by atoms with Crippen molar-refractivity contribution < 1.29 is 9.72 Å². The number of nitro groups is 1. The zero-order chi connectivity index (χ0) is 18.0. The van der Waals surface area contributed by atoms with E-state index in [1.807, 2.05) is 4.98 Å². The predicted octanol–water partition coefficient (Wildman–Crippen LogP) is 0.742. The number of rotatable bonds is 4. The molecule has 2 heterocycles. The van der Waals surface area contributed by atoms with Gasteiger partial charge in [-0.1, -0.05) is 23.5 Å². The molecule has 0 unspecified atom stereocenters. The molecule has 126 valence electrons. The molecular weight excluding hydrogens is 352 g/mol. The summed E-state index contributed by atoms with van der Waals surface area (Å²) in [4.78, 5) is 48.8. The van der Waals surface area contributed by atoms with Gasteiger partial charge in [0.2, 0.25) is 5.13 Å². The van der Waals surface area contributed by atoms with Gasteiger partial charge in [0.05, 0.1) is 4.92 Å². The number of anilines is 1. The van der Waals surface area contributed by atoms with E-state index in [1.165, 1.54) is 18.2 Å². The molecule has 2 aromatic heterocycles. The summed E-state index contributed by atoms with van der Waals surface area (Å²) < 4.78 is 0. The maximum absolute atomic E-state index is 12.0. The third-order valence-electron chi connectivity index (χ3n) is 2.95. The highest BCUT2D eigenvalue weighted by Crippen LogP contribution is 2.28. The minimum absolute atomic E-state index is 0.0978. The van der Waals surface area contributed by atoms with E-state index in [9.17, 15) is 24.5 Å². The molecule has 0 aliphatic carbocycles. The second-order valence-electron chi connectivity index (χ2n) is 4.68. The number of amides is 1. The number of nitrogens with one attached hydrogen (secondary N) is 3. The first-order chi connectivity index (χ1) is 11.9. The summed E-state index contributed by atoms with van der Waals surface area (Å²) in [6.45, 7) is 0. The lowest BCUT2D eigenvalue weighted by Gasteiger charge is -1.99. The summed E-state index contributed by atoms with van der Waals surface area (Å²) in [6.07, 6.45) is 0. The Morgan fingerprint density at radius 3 is 2.72 bits per heavy atom. The van der Waals surface area contributed by atoms with Gasteiger partial charge in [0.25, 0.3) is 17.2 Å². The van der Waals surface area contributed by atoms with E-state index in [0.29, 0.717) is 10.6 Å². The predicted molar refractivity (Wildman–Crippen MR) is 87.6 cm³/mol. The van der Waals surface area contributed by atoms with Crippen molar-refractivity contribution in [1.29, 1.82) is 0 Å². The third kappa shape index (κ3) is 3.64. The Hall–Kier alpha value is -3.67. The fourth-order valence-electron chi connectivity index (χ4n) is 1.90. The molecular formula is C13H8N6O5S. The second kappa shape index (κ2) is 6.45. The molecule has 3 N–H and O–H groups in total. The summed E-state index contributed by atoms with van der Waals surface area (Å²) in [7, 11) is 0. The van der Waals surface area contributed by atoms with Crippen LogP contribution in [0.3, 0.4) is 0 Å². The van der Waals surface area contributed by atoms with Crippen molar-refractivity contribution >= 4 is 28.1 Å². The molecule has 25 heavy (non-hydrogen) atoms.